The molecule has 12 heavy (non-hydrogen) atoms. The minimum absolute atomic E-state index is 0.526. The summed E-state index contributed by atoms with van der Waals surface area (Å²) in [6.45, 7) is 0.526. The summed E-state index contributed by atoms with van der Waals surface area (Å²) < 4.78 is 5.04. The highest BCUT2D eigenvalue weighted by Gasteiger charge is 1.96. The van der Waals surface area contributed by atoms with Gasteiger partial charge in [-0.15, -0.1) is 0 Å². The van der Waals surface area contributed by atoms with E-state index in [0.29, 0.717) is 12.4 Å². The lowest BCUT2D eigenvalue weighted by atomic mass is 10.2. The van der Waals surface area contributed by atoms with Gasteiger partial charge in [0.15, 0.2) is 0 Å². The zero-order valence-electron chi connectivity index (χ0n) is 7.03. The van der Waals surface area contributed by atoms with Crippen LogP contribution in [0, 0.1) is 0 Å². The molecule has 0 atom stereocenters. The molecule has 2 N–H and O–H groups in total. The largest absolute Gasteiger partial charge is 0.481 e. The van der Waals surface area contributed by atoms with Gasteiger partial charge in [0.05, 0.1) is 7.11 Å². The maximum Gasteiger partial charge on any atom is 0.220 e. The fourth-order valence-electron chi connectivity index (χ4n) is 0.896. The van der Waals surface area contributed by atoms with E-state index in [1.807, 2.05) is 24.3 Å². The molecule has 64 valence electrons. The number of hydrogen-bond donors (Lipinski definition) is 1. The lowest BCUT2D eigenvalue weighted by molar-refractivity contribution is 0.397. The number of methoxy groups -OCH3 is 1. The number of pyridine rings is 1. The molecule has 0 saturated carbocycles. The van der Waals surface area contributed by atoms with Crippen LogP contribution in [0.15, 0.2) is 24.4 Å². The van der Waals surface area contributed by atoms with Gasteiger partial charge >= 0.3 is 0 Å². The smallest absolute Gasteiger partial charge is 0.220 e. The molecule has 0 bridgehead atoms. The van der Waals surface area contributed by atoms with Crippen molar-refractivity contribution in [2.75, 3.05) is 13.7 Å². The highest BCUT2D eigenvalue weighted by atomic mass is 16.5. The van der Waals surface area contributed by atoms with E-state index in [1.165, 1.54) is 0 Å². The van der Waals surface area contributed by atoms with Crippen molar-refractivity contribution in [3.8, 4) is 5.88 Å². The quantitative estimate of drug-likeness (QED) is 0.726. The first-order valence-electron chi connectivity index (χ1n) is 3.74. The molecule has 0 unspecified atom stereocenters. The van der Waals surface area contributed by atoms with E-state index in [9.17, 15) is 0 Å². The van der Waals surface area contributed by atoms with Crippen LogP contribution in [0.5, 0.6) is 5.88 Å². The first kappa shape index (κ1) is 8.74. The van der Waals surface area contributed by atoms with E-state index < -0.39 is 0 Å². The molecule has 0 amide bonds. The molecule has 0 aliphatic rings. The van der Waals surface area contributed by atoms with Gasteiger partial charge in [-0.05, 0) is 12.1 Å². The normalized spacial score (nSPS) is 10.5. The highest BCUT2D eigenvalue weighted by Crippen LogP contribution is 2.14. The Hall–Kier alpha value is -1.35. The Balaban J connectivity index is 2.89. The number of hydrogen-bond acceptors (Lipinski definition) is 3. The van der Waals surface area contributed by atoms with Gasteiger partial charge in [-0.1, -0.05) is 12.2 Å². The van der Waals surface area contributed by atoms with Crippen molar-refractivity contribution >= 4 is 6.08 Å². The molecule has 1 rings (SSSR count). The van der Waals surface area contributed by atoms with E-state index in [4.69, 9.17) is 10.5 Å². The van der Waals surface area contributed by atoms with Crippen molar-refractivity contribution in [3.05, 3.63) is 30.0 Å². The predicted molar refractivity (Wildman–Crippen MR) is 48.9 cm³/mol. The second kappa shape index (κ2) is 4.51. The van der Waals surface area contributed by atoms with Crippen molar-refractivity contribution in [1.82, 2.24) is 4.98 Å². The molecular weight excluding hydrogens is 152 g/mol. The molecule has 1 aromatic heterocycles. The lowest BCUT2D eigenvalue weighted by Gasteiger charge is -2.00. The summed E-state index contributed by atoms with van der Waals surface area (Å²) >= 11 is 0. The first-order chi connectivity index (χ1) is 5.88. The molecule has 1 aromatic rings. The predicted octanol–water partition coefficient (Wildman–Crippen LogP) is 1.06. The average Bonchev–Trinajstić information content (AvgIpc) is 2.15. The van der Waals surface area contributed by atoms with Crippen molar-refractivity contribution < 1.29 is 4.74 Å². The van der Waals surface area contributed by atoms with Crippen LogP contribution in [0.25, 0.3) is 6.08 Å². The van der Waals surface area contributed by atoms with Gasteiger partial charge < -0.3 is 10.5 Å². The van der Waals surface area contributed by atoms with Crippen molar-refractivity contribution in [1.29, 1.82) is 0 Å². The fraction of sp³-hybridized carbons (Fsp3) is 0.222. The fourth-order valence-corrected chi connectivity index (χ4v) is 0.896. The maximum atomic E-state index is 5.32. The molecule has 1 heterocycles. The summed E-state index contributed by atoms with van der Waals surface area (Å²) in [6, 6.07) is 3.79. The second-order valence-electron chi connectivity index (χ2n) is 2.24. The second-order valence-corrected chi connectivity index (χ2v) is 2.24. The van der Waals surface area contributed by atoms with Gasteiger partial charge in [0.25, 0.3) is 0 Å². The molecule has 0 spiro atoms. The zero-order chi connectivity index (χ0) is 8.81. The minimum atomic E-state index is 0.526. The van der Waals surface area contributed by atoms with Crippen LogP contribution in [0.1, 0.15) is 5.56 Å². The summed E-state index contributed by atoms with van der Waals surface area (Å²) in [5, 5.41) is 0. The molecule has 3 nitrogen and oxygen atoms in total. The molecule has 0 saturated heterocycles. The van der Waals surface area contributed by atoms with Crippen molar-refractivity contribution in [3.63, 3.8) is 0 Å². The summed E-state index contributed by atoms with van der Waals surface area (Å²) in [6.07, 6.45) is 5.45. The Morgan fingerprint density at radius 2 is 2.50 bits per heavy atom. The van der Waals surface area contributed by atoms with Gasteiger partial charge in [-0.25, -0.2) is 4.98 Å². The zero-order valence-corrected chi connectivity index (χ0v) is 7.03. The SMILES string of the molecule is COc1ncccc1/C=C/CN. The van der Waals surface area contributed by atoms with Crippen LogP contribution in [0.3, 0.4) is 0 Å². The Morgan fingerprint density at radius 1 is 1.67 bits per heavy atom. The van der Waals surface area contributed by atoms with Crippen LogP contribution < -0.4 is 10.5 Å². The summed E-state index contributed by atoms with van der Waals surface area (Å²) in [7, 11) is 1.60. The minimum Gasteiger partial charge on any atom is -0.481 e. The van der Waals surface area contributed by atoms with Crippen LogP contribution in [0.2, 0.25) is 0 Å². The Morgan fingerprint density at radius 3 is 3.17 bits per heavy atom. The number of rotatable bonds is 3. The van der Waals surface area contributed by atoms with Gasteiger partial charge in [0.1, 0.15) is 0 Å². The Bertz CT molecular complexity index is 271. The Kier molecular flexibility index (Phi) is 3.29. The molecule has 0 aliphatic heterocycles. The van der Waals surface area contributed by atoms with Gasteiger partial charge in [0.2, 0.25) is 5.88 Å². The third kappa shape index (κ3) is 2.07. The third-order valence-corrected chi connectivity index (χ3v) is 1.43. The van der Waals surface area contributed by atoms with Gasteiger partial charge in [-0.3, -0.25) is 0 Å². The number of nitrogens with zero attached hydrogens (tertiary/aromatic N) is 1. The van der Waals surface area contributed by atoms with Crippen molar-refractivity contribution in [2.24, 2.45) is 5.73 Å². The van der Waals surface area contributed by atoms with Gasteiger partial charge in [-0.2, -0.15) is 0 Å². The summed E-state index contributed by atoms with van der Waals surface area (Å²) in [5.41, 5.74) is 6.27. The lowest BCUT2D eigenvalue weighted by Crippen LogP contribution is -1.93. The van der Waals surface area contributed by atoms with E-state index in [2.05, 4.69) is 4.98 Å². The van der Waals surface area contributed by atoms with E-state index in [0.717, 1.165) is 5.56 Å². The molecular formula is C9H12N2O. The van der Waals surface area contributed by atoms with E-state index >= 15 is 0 Å². The van der Waals surface area contributed by atoms with Crippen LogP contribution in [-0.4, -0.2) is 18.6 Å². The average molecular weight is 164 g/mol. The number of ether oxygens (including phenoxy) is 1. The van der Waals surface area contributed by atoms with E-state index in [1.54, 1.807) is 13.3 Å². The molecule has 0 aliphatic carbocycles. The number of aromatic nitrogens is 1. The van der Waals surface area contributed by atoms with Crippen LogP contribution in [0.4, 0.5) is 0 Å². The summed E-state index contributed by atoms with van der Waals surface area (Å²) in [5.74, 6) is 0.627. The highest BCUT2D eigenvalue weighted by molar-refractivity contribution is 5.54. The molecule has 0 radical (unpaired) electrons. The van der Waals surface area contributed by atoms with Crippen molar-refractivity contribution in [2.45, 2.75) is 0 Å². The van der Waals surface area contributed by atoms with Gasteiger partial charge in [0, 0.05) is 18.3 Å². The maximum absolute atomic E-state index is 5.32. The van der Waals surface area contributed by atoms with Crippen LogP contribution in [-0.2, 0) is 0 Å². The molecule has 3 heteroatoms. The standard InChI is InChI=1S/C9H12N2O/c1-12-9-8(4-2-6-10)5-3-7-11-9/h2-5,7H,6,10H2,1H3/b4-2+. The van der Waals surface area contributed by atoms with Crippen LogP contribution >= 0.6 is 0 Å². The van der Waals surface area contributed by atoms with E-state index in [-0.39, 0.29) is 0 Å². The first-order valence-corrected chi connectivity index (χ1v) is 3.74. The monoisotopic (exact) mass is 164 g/mol. The molecule has 0 fully saturated rings. The number of nitrogens with two attached hydrogens (primary N) is 1. The third-order valence-electron chi connectivity index (χ3n) is 1.43. The molecule has 0 aromatic carbocycles. The Labute approximate surface area is 71.9 Å². The topological polar surface area (TPSA) is 48.1 Å². The summed E-state index contributed by atoms with van der Waals surface area (Å²) in [4.78, 5) is 4.04.